The molecule has 0 aromatic carbocycles. The van der Waals surface area contributed by atoms with Crippen molar-refractivity contribution in [2.45, 2.75) is 81.7 Å². The minimum absolute atomic E-state index is 0.103. The van der Waals surface area contributed by atoms with E-state index in [1.54, 1.807) is 19.0 Å². The van der Waals surface area contributed by atoms with E-state index in [0.717, 1.165) is 0 Å². The summed E-state index contributed by atoms with van der Waals surface area (Å²) in [7, 11) is 3.54. The maximum Gasteiger partial charge on any atom is 0.227 e. The number of carbonyl (C=O) groups is 3. The van der Waals surface area contributed by atoms with Crippen LogP contribution in [0.4, 0.5) is 0 Å². The van der Waals surface area contributed by atoms with Gasteiger partial charge in [0.1, 0.15) is 5.78 Å². The molecule has 28 heavy (non-hydrogen) atoms. The summed E-state index contributed by atoms with van der Waals surface area (Å²) in [5, 5.41) is 2.89. The number of Topliss-reactive ketones (excluding diaryl/α,β-unsaturated/α-hetero) is 1. The Morgan fingerprint density at radius 2 is 1.29 bits per heavy atom. The van der Waals surface area contributed by atoms with Gasteiger partial charge >= 0.3 is 0 Å². The molecule has 1 rings (SSSR count). The molecule has 2 amide bonds. The summed E-state index contributed by atoms with van der Waals surface area (Å²) in [4.78, 5) is 34.8. The Morgan fingerprint density at radius 3 is 1.39 bits per heavy atom. The van der Waals surface area contributed by atoms with Gasteiger partial charge in [0.15, 0.2) is 0 Å². The quantitative estimate of drug-likeness (QED) is 0.767. The highest BCUT2D eigenvalue weighted by molar-refractivity contribution is 5.83. The standard InChI is InChI=1S/C8H15NO2.C7H15NO.C7H14O/c1-8(2,3)7(10)9-6-4-11-5-6;1-7(2,3)6(9)8(4)5;1-5-6(8)7(2,3)4/h6H,4-5H2,1-3H3,(H,9,10);1-5H3;5H2,1-4H3. The number of rotatable bonds is 2. The van der Waals surface area contributed by atoms with E-state index in [9.17, 15) is 14.4 Å². The van der Waals surface area contributed by atoms with Gasteiger partial charge in [-0.05, 0) is 0 Å². The molecule has 1 aliphatic heterocycles. The fraction of sp³-hybridized carbons (Fsp3) is 0.864. The number of ketones is 1. The highest BCUT2D eigenvalue weighted by atomic mass is 16.5. The number of nitrogens with one attached hydrogen (secondary N) is 1. The van der Waals surface area contributed by atoms with Crippen molar-refractivity contribution in [3.05, 3.63) is 0 Å². The number of amides is 2. The first kappa shape index (κ1) is 28.8. The summed E-state index contributed by atoms with van der Waals surface area (Å²) in [6.07, 6.45) is 0.656. The van der Waals surface area contributed by atoms with Crippen molar-refractivity contribution in [3.8, 4) is 0 Å². The van der Waals surface area contributed by atoms with Crippen molar-refractivity contribution in [1.82, 2.24) is 10.2 Å². The van der Waals surface area contributed by atoms with E-state index >= 15 is 0 Å². The van der Waals surface area contributed by atoms with Crippen LogP contribution in [0.5, 0.6) is 0 Å². The lowest BCUT2D eigenvalue weighted by Gasteiger charge is -2.29. The van der Waals surface area contributed by atoms with Crippen molar-refractivity contribution < 1.29 is 19.1 Å². The van der Waals surface area contributed by atoms with Crippen LogP contribution >= 0.6 is 0 Å². The summed E-state index contributed by atoms with van der Waals surface area (Å²) in [6, 6.07) is 0.252. The average Bonchev–Trinajstić information content (AvgIpc) is 2.47. The number of carbonyl (C=O) groups excluding carboxylic acids is 3. The van der Waals surface area contributed by atoms with Crippen LogP contribution in [0.15, 0.2) is 0 Å². The zero-order chi connectivity index (χ0) is 22.9. The van der Waals surface area contributed by atoms with Gasteiger partial charge in [-0.25, -0.2) is 0 Å². The molecular weight excluding hydrogens is 356 g/mol. The first-order valence-corrected chi connectivity index (χ1v) is 9.97. The van der Waals surface area contributed by atoms with E-state index in [1.165, 1.54) is 0 Å². The van der Waals surface area contributed by atoms with E-state index in [4.69, 9.17) is 4.74 Å². The molecule has 1 aliphatic rings. The van der Waals surface area contributed by atoms with Crippen molar-refractivity contribution in [3.63, 3.8) is 0 Å². The predicted octanol–water partition coefficient (Wildman–Crippen LogP) is 3.68. The van der Waals surface area contributed by atoms with Crippen LogP contribution in [0.3, 0.4) is 0 Å². The molecule has 1 heterocycles. The van der Waals surface area contributed by atoms with Crippen molar-refractivity contribution in [1.29, 1.82) is 0 Å². The molecule has 1 saturated heterocycles. The van der Waals surface area contributed by atoms with Crippen LogP contribution < -0.4 is 5.32 Å². The van der Waals surface area contributed by atoms with Gasteiger partial charge in [0, 0.05) is 36.8 Å². The SMILES string of the molecule is CC(C)(C)C(=O)NC1COC1.CCC(=O)C(C)(C)C.CN(C)C(=O)C(C)(C)C. The zero-order valence-electron chi connectivity index (χ0n) is 20.3. The number of nitrogens with zero attached hydrogens (tertiary/aromatic N) is 1. The van der Waals surface area contributed by atoms with E-state index in [2.05, 4.69) is 5.32 Å². The molecule has 0 unspecified atom stereocenters. The normalized spacial score (nSPS) is 14.4. The lowest BCUT2D eigenvalue weighted by atomic mass is 9.90. The van der Waals surface area contributed by atoms with E-state index in [1.807, 2.05) is 69.2 Å². The van der Waals surface area contributed by atoms with Crippen molar-refractivity contribution >= 4 is 17.6 Å². The second-order valence-electron chi connectivity index (χ2n) is 10.4. The van der Waals surface area contributed by atoms with Crippen LogP contribution in [0, 0.1) is 16.2 Å². The molecule has 0 aromatic rings. The molecule has 0 bridgehead atoms. The number of hydrogen-bond acceptors (Lipinski definition) is 4. The molecule has 0 aliphatic carbocycles. The lowest BCUT2D eigenvalue weighted by molar-refractivity contribution is -0.136. The van der Waals surface area contributed by atoms with Crippen molar-refractivity contribution in [2.24, 2.45) is 16.2 Å². The van der Waals surface area contributed by atoms with Gasteiger partial charge in [0.05, 0.1) is 19.3 Å². The largest absolute Gasteiger partial charge is 0.377 e. The van der Waals surface area contributed by atoms with Gasteiger partial charge in [0.25, 0.3) is 0 Å². The Balaban J connectivity index is 0. The number of ether oxygens (including phenoxy) is 1. The first-order valence-electron chi connectivity index (χ1n) is 9.97. The van der Waals surface area contributed by atoms with Crippen molar-refractivity contribution in [2.75, 3.05) is 27.3 Å². The molecule has 6 heteroatoms. The molecule has 166 valence electrons. The Kier molecular flexibility index (Phi) is 11.9. The fourth-order valence-electron chi connectivity index (χ4n) is 1.92. The molecule has 0 radical (unpaired) electrons. The third-order valence-corrected chi connectivity index (χ3v) is 3.86. The Bertz CT molecular complexity index is 502. The zero-order valence-corrected chi connectivity index (χ0v) is 20.3. The van der Waals surface area contributed by atoms with Gasteiger partial charge in [0.2, 0.25) is 11.8 Å². The monoisotopic (exact) mass is 400 g/mol. The summed E-state index contributed by atoms with van der Waals surface area (Å²) >= 11 is 0. The average molecular weight is 401 g/mol. The van der Waals surface area contributed by atoms with E-state index in [0.29, 0.717) is 25.4 Å². The van der Waals surface area contributed by atoms with E-state index < -0.39 is 0 Å². The molecule has 6 nitrogen and oxygen atoms in total. The third-order valence-electron chi connectivity index (χ3n) is 3.86. The molecule has 0 saturated carbocycles. The molecule has 1 N–H and O–H groups in total. The first-order chi connectivity index (χ1) is 12.3. The van der Waals surface area contributed by atoms with Crippen LogP contribution in [0.1, 0.15) is 75.7 Å². The smallest absolute Gasteiger partial charge is 0.227 e. The maximum absolute atomic E-state index is 11.3. The summed E-state index contributed by atoms with van der Waals surface area (Å²) in [5.41, 5.74) is -0.645. The second kappa shape index (κ2) is 11.5. The highest BCUT2D eigenvalue weighted by Crippen LogP contribution is 2.16. The lowest BCUT2D eigenvalue weighted by Crippen LogP contribution is -2.51. The van der Waals surface area contributed by atoms with Crippen LogP contribution in [-0.4, -0.2) is 55.8 Å². The van der Waals surface area contributed by atoms with Gasteiger partial charge in [-0.3, -0.25) is 14.4 Å². The van der Waals surface area contributed by atoms with Gasteiger partial charge in [-0.15, -0.1) is 0 Å². The Hall–Kier alpha value is -1.43. The van der Waals surface area contributed by atoms with Gasteiger partial charge in [-0.1, -0.05) is 69.2 Å². The Morgan fingerprint density at radius 1 is 0.857 bits per heavy atom. The third kappa shape index (κ3) is 12.9. The molecule has 0 aromatic heterocycles. The second-order valence-corrected chi connectivity index (χ2v) is 10.4. The van der Waals surface area contributed by atoms with Gasteiger partial charge in [-0.2, -0.15) is 0 Å². The summed E-state index contributed by atoms with van der Waals surface area (Å²) < 4.78 is 4.93. The number of hydrogen-bond donors (Lipinski definition) is 1. The van der Waals surface area contributed by atoms with Gasteiger partial charge < -0.3 is 15.0 Å². The summed E-state index contributed by atoms with van der Waals surface area (Å²) in [5.74, 6) is 0.603. The topological polar surface area (TPSA) is 75.7 Å². The summed E-state index contributed by atoms with van der Waals surface area (Å²) in [6.45, 7) is 20.5. The van der Waals surface area contributed by atoms with E-state index in [-0.39, 0.29) is 34.1 Å². The fourth-order valence-corrected chi connectivity index (χ4v) is 1.92. The predicted molar refractivity (Wildman–Crippen MR) is 115 cm³/mol. The molecular formula is C22H44N2O4. The minimum Gasteiger partial charge on any atom is -0.377 e. The van der Waals surface area contributed by atoms with Crippen LogP contribution in [0.25, 0.3) is 0 Å². The highest BCUT2D eigenvalue weighted by Gasteiger charge is 2.27. The maximum atomic E-state index is 11.3. The molecule has 1 fully saturated rings. The Labute approximate surface area is 172 Å². The minimum atomic E-state index is -0.282. The molecule has 0 spiro atoms. The molecule has 0 atom stereocenters. The van der Waals surface area contributed by atoms with Crippen LogP contribution in [0.2, 0.25) is 0 Å². The van der Waals surface area contributed by atoms with Crippen LogP contribution in [-0.2, 0) is 19.1 Å².